The fourth-order valence-corrected chi connectivity index (χ4v) is 6.33. The summed E-state index contributed by atoms with van der Waals surface area (Å²) in [6.07, 6.45) is 3.13. The number of nitrogens with zero attached hydrogens (tertiary/aromatic N) is 2. The van der Waals surface area contributed by atoms with E-state index >= 15 is 0 Å². The van der Waals surface area contributed by atoms with Gasteiger partial charge >= 0.3 is 0 Å². The lowest BCUT2D eigenvalue weighted by molar-refractivity contribution is 0.383. The Labute approximate surface area is 165 Å². The van der Waals surface area contributed by atoms with Gasteiger partial charge in [-0.15, -0.1) is 23.7 Å². The zero-order chi connectivity index (χ0) is 17.8. The van der Waals surface area contributed by atoms with Crippen LogP contribution in [0, 0.1) is 0 Å². The van der Waals surface area contributed by atoms with Gasteiger partial charge in [0.1, 0.15) is 0 Å². The molecule has 2 aliphatic rings. The summed E-state index contributed by atoms with van der Waals surface area (Å²) in [4.78, 5) is 5.06. The summed E-state index contributed by atoms with van der Waals surface area (Å²) in [5, 5.41) is 4.58. The Morgan fingerprint density at radius 1 is 1.19 bits per heavy atom. The molecule has 26 heavy (non-hydrogen) atoms. The van der Waals surface area contributed by atoms with Crippen LogP contribution in [0.5, 0.6) is 0 Å². The molecule has 0 saturated carbocycles. The molecule has 5 nitrogen and oxygen atoms in total. The Hall–Kier alpha value is -0.730. The first-order valence-corrected chi connectivity index (χ1v) is 11.2. The Balaban J connectivity index is 0.00000196. The van der Waals surface area contributed by atoms with E-state index in [0.29, 0.717) is 30.1 Å². The van der Waals surface area contributed by atoms with Gasteiger partial charge in [-0.05, 0) is 37.5 Å². The van der Waals surface area contributed by atoms with Gasteiger partial charge in [-0.3, -0.25) is 0 Å². The number of benzene rings is 1. The van der Waals surface area contributed by atoms with Gasteiger partial charge in [0.05, 0.1) is 20.1 Å². The average molecular weight is 416 g/mol. The maximum atomic E-state index is 13.1. The third kappa shape index (κ3) is 3.64. The van der Waals surface area contributed by atoms with E-state index in [0.717, 1.165) is 28.1 Å². The molecule has 1 aromatic carbocycles. The molecule has 4 rings (SSSR count). The summed E-state index contributed by atoms with van der Waals surface area (Å²) in [6, 6.07) is 6.12. The standard InChI is InChI=1S/C18H25N3O2S2.ClH/c1-18(2,3)17-20-15-7-6-14(10-16(15)24-17)25(22,23)21-9-8-12-4-5-13(11-21)19-12;/h6-7,10,12-13,19H,4-5,8-9,11H2,1-3H3;1H. The maximum Gasteiger partial charge on any atom is 0.243 e. The van der Waals surface area contributed by atoms with Crippen LogP contribution < -0.4 is 5.32 Å². The molecule has 3 heterocycles. The van der Waals surface area contributed by atoms with Gasteiger partial charge in [0.25, 0.3) is 0 Å². The van der Waals surface area contributed by atoms with Crippen LogP contribution in [0.3, 0.4) is 0 Å². The van der Waals surface area contributed by atoms with Crippen LogP contribution in [-0.4, -0.2) is 42.9 Å². The van der Waals surface area contributed by atoms with E-state index < -0.39 is 10.0 Å². The summed E-state index contributed by atoms with van der Waals surface area (Å²) in [6.45, 7) is 7.56. The van der Waals surface area contributed by atoms with Crippen molar-refractivity contribution in [2.45, 2.75) is 62.4 Å². The van der Waals surface area contributed by atoms with Crippen LogP contribution in [0.15, 0.2) is 23.1 Å². The van der Waals surface area contributed by atoms with E-state index in [1.54, 1.807) is 27.8 Å². The zero-order valence-corrected chi connectivity index (χ0v) is 17.8. The van der Waals surface area contributed by atoms with Crippen molar-refractivity contribution in [3.63, 3.8) is 0 Å². The van der Waals surface area contributed by atoms with Crippen LogP contribution in [0.4, 0.5) is 0 Å². The van der Waals surface area contributed by atoms with E-state index in [2.05, 4.69) is 31.1 Å². The van der Waals surface area contributed by atoms with Gasteiger partial charge < -0.3 is 5.32 Å². The van der Waals surface area contributed by atoms with Crippen LogP contribution in [-0.2, 0) is 15.4 Å². The van der Waals surface area contributed by atoms with Gasteiger partial charge in [0.15, 0.2) is 0 Å². The highest BCUT2D eigenvalue weighted by molar-refractivity contribution is 7.89. The second-order valence-electron chi connectivity index (χ2n) is 8.19. The Bertz CT molecular complexity index is 905. The van der Waals surface area contributed by atoms with Crippen molar-refractivity contribution in [1.29, 1.82) is 0 Å². The van der Waals surface area contributed by atoms with Crippen LogP contribution in [0.25, 0.3) is 10.2 Å². The highest BCUT2D eigenvalue weighted by Crippen LogP contribution is 2.33. The highest BCUT2D eigenvalue weighted by atomic mass is 35.5. The molecule has 0 radical (unpaired) electrons. The van der Waals surface area contributed by atoms with Crippen molar-refractivity contribution in [3.05, 3.63) is 23.2 Å². The lowest BCUT2D eigenvalue weighted by Crippen LogP contribution is -2.39. The van der Waals surface area contributed by atoms with E-state index in [4.69, 9.17) is 0 Å². The molecule has 2 aliphatic heterocycles. The molecule has 1 aromatic heterocycles. The predicted molar refractivity (Wildman–Crippen MR) is 109 cm³/mol. The maximum absolute atomic E-state index is 13.1. The quantitative estimate of drug-likeness (QED) is 0.814. The van der Waals surface area contributed by atoms with Crippen molar-refractivity contribution >= 4 is 44.0 Å². The number of nitrogens with one attached hydrogen (secondary N) is 1. The normalized spacial score (nSPS) is 24.4. The van der Waals surface area contributed by atoms with Gasteiger partial charge in [-0.25, -0.2) is 13.4 Å². The van der Waals surface area contributed by atoms with E-state index in [1.165, 1.54) is 6.42 Å². The van der Waals surface area contributed by atoms with Crippen LogP contribution in [0.2, 0.25) is 0 Å². The van der Waals surface area contributed by atoms with Crippen molar-refractivity contribution in [2.24, 2.45) is 0 Å². The third-order valence-corrected chi connectivity index (χ3v) is 8.43. The van der Waals surface area contributed by atoms with E-state index in [9.17, 15) is 8.42 Å². The van der Waals surface area contributed by atoms with Crippen LogP contribution >= 0.6 is 23.7 Å². The zero-order valence-electron chi connectivity index (χ0n) is 15.4. The second kappa shape index (κ2) is 7.02. The number of aromatic nitrogens is 1. The van der Waals surface area contributed by atoms with Crippen molar-refractivity contribution in [2.75, 3.05) is 13.1 Å². The third-order valence-electron chi connectivity index (χ3n) is 5.13. The summed E-state index contributed by atoms with van der Waals surface area (Å²) in [5.41, 5.74) is 0.851. The van der Waals surface area contributed by atoms with Gasteiger partial charge in [0.2, 0.25) is 10.0 Å². The summed E-state index contributed by atoms with van der Waals surface area (Å²) in [5.74, 6) is 0. The molecule has 2 unspecified atom stereocenters. The second-order valence-corrected chi connectivity index (χ2v) is 11.2. The number of hydrogen-bond acceptors (Lipinski definition) is 5. The smallest absolute Gasteiger partial charge is 0.243 e. The average Bonchev–Trinajstić information content (AvgIpc) is 3.08. The molecule has 0 aliphatic carbocycles. The van der Waals surface area contributed by atoms with E-state index in [1.807, 2.05) is 6.07 Å². The lowest BCUT2D eigenvalue weighted by Gasteiger charge is -2.23. The minimum Gasteiger partial charge on any atom is -0.310 e. The first-order chi connectivity index (χ1) is 11.7. The molecule has 2 bridgehead atoms. The Morgan fingerprint density at radius 3 is 2.65 bits per heavy atom. The van der Waals surface area contributed by atoms with Gasteiger partial charge in [0, 0.05) is 30.6 Å². The van der Waals surface area contributed by atoms with Crippen LogP contribution in [0.1, 0.15) is 45.0 Å². The van der Waals surface area contributed by atoms with E-state index in [-0.39, 0.29) is 17.8 Å². The molecule has 2 fully saturated rings. The number of halogens is 1. The summed E-state index contributed by atoms with van der Waals surface area (Å²) in [7, 11) is -3.45. The molecule has 2 aromatic rings. The molecule has 0 spiro atoms. The first kappa shape index (κ1) is 20.0. The number of thiazole rings is 1. The number of rotatable bonds is 2. The largest absolute Gasteiger partial charge is 0.310 e. The molecular formula is C18H26ClN3O2S2. The van der Waals surface area contributed by atoms with Gasteiger partial charge in [-0.1, -0.05) is 20.8 Å². The predicted octanol–water partition coefficient (Wildman–Crippen LogP) is 3.53. The molecule has 0 amide bonds. The fourth-order valence-electron chi connectivity index (χ4n) is 3.66. The molecule has 2 saturated heterocycles. The lowest BCUT2D eigenvalue weighted by atomic mass is 9.98. The number of hydrogen-bond donors (Lipinski definition) is 1. The highest BCUT2D eigenvalue weighted by Gasteiger charge is 2.35. The minimum absolute atomic E-state index is 0. The SMILES string of the molecule is CC(C)(C)c1nc2ccc(S(=O)(=O)N3CCC4CCC(C3)N4)cc2s1.Cl. The number of sulfonamides is 1. The van der Waals surface area contributed by atoms with Crippen molar-refractivity contribution in [3.8, 4) is 0 Å². The first-order valence-electron chi connectivity index (χ1n) is 8.91. The molecule has 2 atom stereocenters. The molecule has 8 heteroatoms. The Morgan fingerprint density at radius 2 is 1.92 bits per heavy atom. The van der Waals surface area contributed by atoms with Gasteiger partial charge in [-0.2, -0.15) is 4.31 Å². The summed E-state index contributed by atoms with van der Waals surface area (Å²) < 4.78 is 28.9. The fraction of sp³-hybridized carbons (Fsp3) is 0.611. The Kier molecular flexibility index (Phi) is 5.40. The van der Waals surface area contributed by atoms with Crippen molar-refractivity contribution < 1.29 is 8.42 Å². The molecular weight excluding hydrogens is 390 g/mol. The molecule has 144 valence electrons. The summed E-state index contributed by atoms with van der Waals surface area (Å²) >= 11 is 1.59. The molecule has 1 N–H and O–H groups in total. The topological polar surface area (TPSA) is 62.3 Å². The monoisotopic (exact) mass is 415 g/mol. The minimum atomic E-state index is -3.45. The number of fused-ring (bicyclic) bond motifs is 3. The van der Waals surface area contributed by atoms with Crippen molar-refractivity contribution in [1.82, 2.24) is 14.6 Å².